The van der Waals surface area contributed by atoms with Crippen molar-refractivity contribution in [3.05, 3.63) is 29.6 Å². The number of piperazine rings is 1. The molecule has 2 heterocycles. The predicted molar refractivity (Wildman–Crippen MR) is 101 cm³/mol. The topological polar surface area (TPSA) is 65.5 Å². The van der Waals surface area contributed by atoms with Gasteiger partial charge in [0.15, 0.2) is 0 Å². The Bertz CT molecular complexity index is 618. The van der Waals surface area contributed by atoms with Gasteiger partial charge in [0.05, 0.1) is 0 Å². The van der Waals surface area contributed by atoms with Gasteiger partial charge in [-0.2, -0.15) is 0 Å². The Kier molecular flexibility index (Phi) is 6.61. The van der Waals surface area contributed by atoms with Crippen LogP contribution in [0.25, 0.3) is 0 Å². The number of carbonyl (C=O) groups is 2. The third-order valence-electron chi connectivity index (χ3n) is 5.50. The van der Waals surface area contributed by atoms with E-state index in [0.29, 0.717) is 24.5 Å². The molecule has 1 saturated heterocycles. The summed E-state index contributed by atoms with van der Waals surface area (Å²) in [5.41, 5.74) is 0.704. The molecule has 1 saturated carbocycles. The van der Waals surface area contributed by atoms with Crippen LogP contribution in [-0.2, 0) is 0 Å². The molecule has 26 heavy (non-hydrogen) atoms. The van der Waals surface area contributed by atoms with E-state index >= 15 is 0 Å². The van der Waals surface area contributed by atoms with E-state index in [1.54, 1.807) is 18.2 Å². The maximum Gasteiger partial charge on any atom is 0.272 e. The Morgan fingerprint density at radius 2 is 1.69 bits per heavy atom. The third kappa shape index (κ3) is 4.81. The SMILES string of the molecule is CCN1CCN(C(=O)c2cccc(C(=O)NC3CCCCCC3)n2)CC1. The number of nitrogens with one attached hydrogen (secondary N) is 1. The highest BCUT2D eigenvalue weighted by atomic mass is 16.2. The van der Waals surface area contributed by atoms with E-state index in [1.807, 2.05) is 4.90 Å². The molecule has 0 spiro atoms. The lowest BCUT2D eigenvalue weighted by Gasteiger charge is -2.33. The highest BCUT2D eigenvalue weighted by molar-refractivity contribution is 5.96. The van der Waals surface area contributed by atoms with Crippen LogP contribution in [0.2, 0.25) is 0 Å². The largest absolute Gasteiger partial charge is 0.348 e. The minimum atomic E-state index is -0.164. The molecular weight excluding hydrogens is 328 g/mol. The first-order valence-electron chi connectivity index (χ1n) is 9.97. The van der Waals surface area contributed by atoms with Gasteiger partial charge in [-0.15, -0.1) is 0 Å². The van der Waals surface area contributed by atoms with Crippen molar-refractivity contribution in [2.45, 2.75) is 51.5 Å². The Morgan fingerprint density at radius 1 is 1.04 bits per heavy atom. The van der Waals surface area contributed by atoms with Crippen molar-refractivity contribution < 1.29 is 9.59 Å². The van der Waals surface area contributed by atoms with Crippen molar-refractivity contribution in [2.24, 2.45) is 0 Å². The second-order valence-corrected chi connectivity index (χ2v) is 7.30. The van der Waals surface area contributed by atoms with Crippen LogP contribution in [0, 0.1) is 0 Å². The van der Waals surface area contributed by atoms with Gasteiger partial charge in [-0.3, -0.25) is 9.59 Å². The molecular formula is C20H30N4O2. The fraction of sp³-hybridized carbons (Fsp3) is 0.650. The summed E-state index contributed by atoms with van der Waals surface area (Å²) in [5.74, 6) is -0.243. The van der Waals surface area contributed by atoms with Gasteiger partial charge in [0.25, 0.3) is 11.8 Å². The second kappa shape index (κ2) is 9.12. The van der Waals surface area contributed by atoms with Gasteiger partial charge in [0.2, 0.25) is 0 Å². The fourth-order valence-electron chi connectivity index (χ4n) is 3.79. The van der Waals surface area contributed by atoms with Crippen LogP contribution in [0.4, 0.5) is 0 Å². The minimum absolute atomic E-state index is 0.0788. The molecule has 2 fully saturated rings. The zero-order valence-electron chi connectivity index (χ0n) is 15.7. The van der Waals surface area contributed by atoms with Crippen LogP contribution in [0.1, 0.15) is 66.4 Å². The van der Waals surface area contributed by atoms with Crippen molar-refractivity contribution in [1.29, 1.82) is 0 Å². The Labute approximate surface area is 156 Å². The lowest BCUT2D eigenvalue weighted by Crippen LogP contribution is -2.48. The average Bonchev–Trinajstić information content (AvgIpc) is 2.96. The molecule has 0 unspecified atom stereocenters. The number of hydrogen-bond donors (Lipinski definition) is 1. The van der Waals surface area contributed by atoms with E-state index in [-0.39, 0.29) is 17.9 Å². The molecule has 6 nitrogen and oxygen atoms in total. The van der Waals surface area contributed by atoms with E-state index in [0.717, 1.165) is 32.5 Å². The Morgan fingerprint density at radius 3 is 2.35 bits per heavy atom. The monoisotopic (exact) mass is 358 g/mol. The minimum Gasteiger partial charge on any atom is -0.348 e. The van der Waals surface area contributed by atoms with Crippen molar-refractivity contribution in [3.8, 4) is 0 Å². The van der Waals surface area contributed by atoms with Crippen molar-refractivity contribution in [3.63, 3.8) is 0 Å². The predicted octanol–water partition coefficient (Wildman–Crippen LogP) is 2.31. The van der Waals surface area contributed by atoms with Crippen LogP contribution in [0.3, 0.4) is 0 Å². The van der Waals surface area contributed by atoms with E-state index in [9.17, 15) is 9.59 Å². The van der Waals surface area contributed by atoms with Gasteiger partial charge in [0.1, 0.15) is 11.4 Å². The number of amides is 2. The molecule has 1 N–H and O–H groups in total. The molecule has 0 aromatic carbocycles. The molecule has 3 rings (SSSR count). The number of pyridine rings is 1. The lowest BCUT2D eigenvalue weighted by atomic mass is 10.1. The zero-order chi connectivity index (χ0) is 18.4. The van der Waals surface area contributed by atoms with Crippen LogP contribution >= 0.6 is 0 Å². The molecule has 0 atom stereocenters. The summed E-state index contributed by atoms with van der Waals surface area (Å²) in [5, 5.41) is 3.10. The van der Waals surface area contributed by atoms with Gasteiger partial charge in [-0.25, -0.2) is 4.98 Å². The number of aromatic nitrogens is 1. The standard InChI is InChI=1S/C20H30N4O2/c1-2-23-12-14-24(15-13-23)20(26)18-11-7-10-17(22-18)19(25)21-16-8-5-3-4-6-9-16/h7,10-11,16H,2-6,8-9,12-15H2,1H3,(H,21,25). The maximum atomic E-state index is 12.7. The molecule has 1 aliphatic heterocycles. The van der Waals surface area contributed by atoms with E-state index < -0.39 is 0 Å². The quantitative estimate of drug-likeness (QED) is 0.839. The lowest BCUT2D eigenvalue weighted by molar-refractivity contribution is 0.0637. The fourth-order valence-corrected chi connectivity index (χ4v) is 3.79. The maximum absolute atomic E-state index is 12.7. The first-order valence-corrected chi connectivity index (χ1v) is 9.97. The summed E-state index contributed by atoms with van der Waals surface area (Å²) in [7, 11) is 0. The highest BCUT2D eigenvalue weighted by Gasteiger charge is 2.23. The van der Waals surface area contributed by atoms with Crippen molar-refractivity contribution in [1.82, 2.24) is 20.1 Å². The number of hydrogen-bond acceptors (Lipinski definition) is 4. The smallest absolute Gasteiger partial charge is 0.272 e. The van der Waals surface area contributed by atoms with Gasteiger partial charge in [-0.05, 0) is 31.5 Å². The van der Waals surface area contributed by atoms with Gasteiger partial charge >= 0.3 is 0 Å². The van der Waals surface area contributed by atoms with Crippen LogP contribution < -0.4 is 5.32 Å². The van der Waals surface area contributed by atoms with Crippen molar-refractivity contribution in [2.75, 3.05) is 32.7 Å². The molecule has 142 valence electrons. The number of carbonyl (C=O) groups excluding carboxylic acids is 2. The summed E-state index contributed by atoms with van der Waals surface area (Å²) in [6, 6.07) is 5.38. The third-order valence-corrected chi connectivity index (χ3v) is 5.50. The Hall–Kier alpha value is -1.95. The van der Waals surface area contributed by atoms with E-state index in [2.05, 4.69) is 22.1 Å². The average molecular weight is 358 g/mol. The van der Waals surface area contributed by atoms with Crippen LogP contribution in [0.5, 0.6) is 0 Å². The molecule has 1 aromatic rings. The summed E-state index contributed by atoms with van der Waals surface area (Å²) < 4.78 is 0. The summed E-state index contributed by atoms with van der Waals surface area (Å²) in [6.45, 7) is 6.36. The van der Waals surface area contributed by atoms with Gasteiger partial charge < -0.3 is 15.1 Å². The van der Waals surface area contributed by atoms with Crippen molar-refractivity contribution >= 4 is 11.8 Å². The first-order chi connectivity index (χ1) is 12.7. The molecule has 1 aliphatic carbocycles. The second-order valence-electron chi connectivity index (χ2n) is 7.30. The first kappa shape index (κ1) is 18.8. The normalized spacial score (nSPS) is 19.8. The number of rotatable bonds is 4. The summed E-state index contributed by atoms with van der Waals surface area (Å²) in [4.78, 5) is 33.8. The summed E-state index contributed by atoms with van der Waals surface area (Å²) in [6.07, 6.45) is 6.90. The molecule has 0 radical (unpaired) electrons. The molecule has 0 bridgehead atoms. The zero-order valence-corrected chi connectivity index (χ0v) is 15.7. The van der Waals surface area contributed by atoms with Gasteiger partial charge in [0, 0.05) is 32.2 Å². The number of likely N-dealkylation sites (N-methyl/N-ethyl adjacent to an activating group) is 1. The highest BCUT2D eigenvalue weighted by Crippen LogP contribution is 2.17. The van der Waals surface area contributed by atoms with Crippen LogP contribution in [-0.4, -0.2) is 65.4 Å². The number of nitrogens with zero attached hydrogens (tertiary/aromatic N) is 3. The van der Waals surface area contributed by atoms with Gasteiger partial charge in [-0.1, -0.05) is 38.7 Å². The van der Waals surface area contributed by atoms with E-state index in [4.69, 9.17) is 0 Å². The molecule has 2 aliphatic rings. The van der Waals surface area contributed by atoms with Crippen LogP contribution in [0.15, 0.2) is 18.2 Å². The molecule has 1 aromatic heterocycles. The molecule has 6 heteroatoms. The Balaban J connectivity index is 1.62. The summed E-state index contributed by atoms with van der Waals surface area (Å²) >= 11 is 0. The molecule has 2 amide bonds. The van der Waals surface area contributed by atoms with E-state index in [1.165, 1.54) is 25.7 Å².